The van der Waals surface area contributed by atoms with Gasteiger partial charge in [0.2, 0.25) is 0 Å². The average molecular weight is 377 g/mol. The van der Waals surface area contributed by atoms with Crippen LogP contribution in [-0.2, 0) is 0 Å². The second-order valence-electron chi connectivity index (χ2n) is 7.72. The molecular weight excluding hydrogens is 354 g/mol. The Morgan fingerprint density at radius 2 is 1.79 bits per heavy atom. The molecular formula is C20H23N7O. The van der Waals surface area contributed by atoms with Crippen LogP contribution in [0, 0.1) is 0 Å². The van der Waals surface area contributed by atoms with Crippen LogP contribution in [0.4, 0.5) is 5.82 Å². The summed E-state index contributed by atoms with van der Waals surface area (Å²) in [5.41, 5.74) is 2.09. The van der Waals surface area contributed by atoms with Crippen molar-refractivity contribution in [1.29, 1.82) is 0 Å². The first-order valence-corrected chi connectivity index (χ1v) is 9.68. The highest BCUT2D eigenvalue weighted by Crippen LogP contribution is 2.32. The zero-order valence-corrected chi connectivity index (χ0v) is 15.7. The van der Waals surface area contributed by atoms with Gasteiger partial charge in [0.05, 0.1) is 11.4 Å². The van der Waals surface area contributed by atoms with Crippen molar-refractivity contribution < 1.29 is 5.11 Å². The number of hydrogen-bond acceptors (Lipinski definition) is 7. The Kier molecular flexibility index (Phi) is 4.20. The van der Waals surface area contributed by atoms with Crippen molar-refractivity contribution >= 4 is 5.82 Å². The van der Waals surface area contributed by atoms with E-state index in [0.717, 1.165) is 24.3 Å². The molecule has 2 aromatic heterocycles. The van der Waals surface area contributed by atoms with Gasteiger partial charge in [-0.25, -0.2) is 0 Å². The Balaban J connectivity index is 1.35. The molecule has 5 rings (SSSR count). The molecule has 0 amide bonds. The lowest BCUT2D eigenvalue weighted by atomic mass is 9.98. The number of aromatic hydroxyl groups is 1. The maximum atomic E-state index is 10.5. The summed E-state index contributed by atoms with van der Waals surface area (Å²) < 4.78 is 1.74. The molecule has 0 spiro atoms. The van der Waals surface area contributed by atoms with Crippen LogP contribution in [-0.4, -0.2) is 55.2 Å². The number of hydrogen-bond donors (Lipinski definition) is 2. The molecule has 3 aromatic rings. The number of phenols is 1. The molecule has 2 N–H and O–H groups in total. The summed E-state index contributed by atoms with van der Waals surface area (Å²) in [6.07, 6.45) is 8.05. The predicted molar refractivity (Wildman–Crippen MR) is 105 cm³/mol. The third-order valence-electron chi connectivity index (χ3n) is 5.98. The van der Waals surface area contributed by atoms with E-state index >= 15 is 0 Å². The number of nitrogens with one attached hydrogen (secondary N) is 1. The third kappa shape index (κ3) is 3.09. The summed E-state index contributed by atoms with van der Waals surface area (Å²) in [6.45, 7) is 0. The molecule has 8 heteroatoms. The minimum absolute atomic E-state index is 0.150. The molecule has 2 fully saturated rings. The summed E-state index contributed by atoms with van der Waals surface area (Å²) >= 11 is 0. The van der Waals surface area contributed by atoms with E-state index in [-0.39, 0.29) is 5.75 Å². The lowest BCUT2D eigenvalue weighted by Crippen LogP contribution is -2.47. The average Bonchev–Trinajstić information content (AvgIpc) is 3.37. The minimum atomic E-state index is 0.150. The molecule has 2 aliphatic heterocycles. The van der Waals surface area contributed by atoms with Crippen molar-refractivity contribution in [2.45, 2.75) is 43.8 Å². The molecule has 4 heterocycles. The monoisotopic (exact) mass is 377 g/mol. The minimum Gasteiger partial charge on any atom is -0.507 e. The van der Waals surface area contributed by atoms with Crippen molar-refractivity contribution in [3.8, 4) is 22.7 Å². The predicted octanol–water partition coefficient (Wildman–Crippen LogP) is 2.15. The normalized spacial score (nSPS) is 23.7. The standard InChI is InChI=1S/C20H23N7O/c1-26(16-8-13-2-3-14(9-16)23-13)20-7-6-18(24-25-20)17-5-4-15(10-19(17)28)27-11-21-22-12-27/h4-7,10-14,16,23,28H,2-3,8-9H2,1H3/t13-,14?,16?/m1/s1. The van der Waals surface area contributed by atoms with Crippen molar-refractivity contribution in [3.05, 3.63) is 43.0 Å². The summed E-state index contributed by atoms with van der Waals surface area (Å²) in [4.78, 5) is 2.25. The van der Waals surface area contributed by atoms with Crippen LogP contribution < -0.4 is 10.2 Å². The third-order valence-corrected chi connectivity index (χ3v) is 5.98. The number of benzene rings is 1. The molecule has 0 radical (unpaired) electrons. The van der Waals surface area contributed by atoms with Crippen LogP contribution in [0.5, 0.6) is 5.75 Å². The number of phenolic OH excluding ortho intramolecular Hbond substituents is 1. The Morgan fingerprint density at radius 3 is 2.43 bits per heavy atom. The molecule has 2 unspecified atom stereocenters. The number of nitrogens with zero attached hydrogens (tertiary/aromatic N) is 6. The summed E-state index contributed by atoms with van der Waals surface area (Å²) in [7, 11) is 2.10. The summed E-state index contributed by atoms with van der Waals surface area (Å²) in [6, 6.07) is 11.1. The maximum absolute atomic E-state index is 10.5. The van der Waals surface area contributed by atoms with Gasteiger partial charge < -0.3 is 15.3 Å². The molecule has 8 nitrogen and oxygen atoms in total. The van der Waals surface area contributed by atoms with E-state index in [2.05, 4.69) is 37.7 Å². The highest BCUT2D eigenvalue weighted by atomic mass is 16.3. The van der Waals surface area contributed by atoms with E-state index in [4.69, 9.17) is 0 Å². The first-order chi connectivity index (χ1) is 13.7. The number of rotatable bonds is 4. The first-order valence-electron chi connectivity index (χ1n) is 9.68. The largest absolute Gasteiger partial charge is 0.507 e. The van der Waals surface area contributed by atoms with E-state index in [0.29, 0.717) is 29.4 Å². The summed E-state index contributed by atoms with van der Waals surface area (Å²) in [5, 5.41) is 30.5. The van der Waals surface area contributed by atoms with Crippen molar-refractivity contribution in [3.63, 3.8) is 0 Å². The molecule has 0 saturated carbocycles. The van der Waals surface area contributed by atoms with Gasteiger partial charge in [-0.1, -0.05) is 0 Å². The van der Waals surface area contributed by atoms with Crippen LogP contribution in [0.15, 0.2) is 43.0 Å². The number of fused-ring (bicyclic) bond motifs is 2. The van der Waals surface area contributed by atoms with Crippen molar-refractivity contribution in [2.24, 2.45) is 0 Å². The SMILES string of the molecule is CN(c1ccc(-c2ccc(-n3cnnc3)cc2O)nn1)C1CC2CC[C@H](C1)N2. The van der Waals surface area contributed by atoms with E-state index in [1.165, 1.54) is 12.8 Å². The number of anilines is 1. The van der Waals surface area contributed by atoms with Crippen LogP contribution in [0.2, 0.25) is 0 Å². The van der Waals surface area contributed by atoms with Gasteiger partial charge in [-0.3, -0.25) is 4.57 Å². The van der Waals surface area contributed by atoms with Gasteiger partial charge in [0.1, 0.15) is 18.4 Å². The highest BCUT2D eigenvalue weighted by Gasteiger charge is 2.35. The fourth-order valence-electron chi connectivity index (χ4n) is 4.42. The Labute approximate surface area is 163 Å². The molecule has 2 saturated heterocycles. The topological polar surface area (TPSA) is 92.0 Å². The fraction of sp³-hybridized carbons (Fsp3) is 0.400. The van der Waals surface area contributed by atoms with Gasteiger partial charge in [-0.05, 0) is 49.9 Å². The lowest BCUT2D eigenvalue weighted by molar-refractivity contribution is 0.353. The fourth-order valence-corrected chi connectivity index (χ4v) is 4.42. The summed E-state index contributed by atoms with van der Waals surface area (Å²) in [5.74, 6) is 1.02. The van der Waals surface area contributed by atoms with Gasteiger partial charge in [0.25, 0.3) is 0 Å². The molecule has 0 aliphatic carbocycles. The number of aromatic nitrogens is 5. The Morgan fingerprint density at radius 1 is 1.04 bits per heavy atom. The zero-order chi connectivity index (χ0) is 19.1. The van der Waals surface area contributed by atoms with Gasteiger partial charge in [0.15, 0.2) is 5.82 Å². The Bertz CT molecular complexity index is 945. The zero-order valence-electron chi connectivity index (χ0n) is 15.7. The second kappa shape index (κ2) is 6.87. The molecule has 2 aliphatic rings. The van der Waals surface area contributed by atoms with Gasteiger partial charge >= 0.3 is 0 Å². The van der Waals surface area contributed by atoms with Crippen LogP contribution in [0.3, 0.4) is 0 Å². The van der Waals surface area contributed by atoms with Crippen LogP contribution >= 0.6 is 0 Å². The van der Waals surface area contributed by atoms with E-state index in [1.54, 1.807) is 23.3 Å². The van der Waals surface area contributed by atoms with Crippen LogP contribution in [0.25, 0.3) is 16.9 Å². The first kappa shape index (κ1) is 17.1. The molecule has 28 heavy (non-hydrogen) atoms. The molecule has 3 atom stereocenters. The Hall–Kier alpha value is -3.00. The maximum Gasteiger partial charge on any atom is 0.151 e. The van der Waals surface area contributed by atoms with Gasteiger partial charge in [-0.15, -0.1) is 20.4 Å². The van der Waals surface area contributed by atoms with Gasteiger partial charge in [-0.2, -0.15) is 0 Å². The van der Waals surface area contributed by atoms with Crippen molar-refractivity contribution in [2.75, 3.05) is 11.9 Å². The highest BCUT2D eigenvalue weighted by molar-refractivity contribution is 5.69. The second-order valence-corrected chi connectivity index (χ2v) is 7.72. The van der Waals surface area contributed by atoms with E-state index in [1.807, 2.05) is 24.3 Å². The van der Waals surface area contributed by atoms with Crippen molar-refractivity contribution in [1.82, 2.24) is 30.3 Å². The van der Waals surface area contributed by atoms with E-state index < -0.39 is 0 Å². The molecule has 2 bridgehead atoms. The lowest BCUT2D eigenvalue weighted by Gasteiger charge is -2.36. The quantitative estimate of drug-likeness (QED) is 0.720. The van der Waals surface area contributed by atoms with Crippen LogP contribution in [0.1, 0.15) is 25.7 Å². The van der Waals surface area contributed by atoms with E-state index in [9.17, 15) is 5.11 Å². The van der Waals surface area contributed by atoms with Gasteiger partial charge in [0, 0.05) is 36.8 Å². The smallest absolute Gasteiger partial charge is 0.151 e. The molecule has 1 aromatic carbocycles. The molecule has 144 valence electrons. The number of piperidine rings is 1.